The maximum Gasteiger partial charge on any atom is 0.151 e. The predicted octanol–water partition coefficient (Wildman–Crippen LogP) is -0.757. The second kappa shape index (κ2) is 2.87. The fraction of sp³-hybridized carbons (Fsp3) is 0. The first kappa shape index (κ1) is 7.33. The van der Waals surface area contributed by atoms with E-state index in [0.717, 1.165) is 0 Å². The van der Waals surface area contributed by atoms with Crippen molar-refractivity contribution in [1.29, 1.82) is 0 Å². The van der Waals surface area contributed by atoms with E-state index in [0.29, 0.717) is 11.4 Å². The van der Waals surface area contributed by atoms with Crippen molar-refractivity contribution in [2.24, 2.45) is 16.7 Å². The fourth-order valence-corrected chi connectivity index (χ4v) is 0.631. The summed E-state index contributed by atoms with van der Waals surface area (Å²) in [7, 11) is 0. The number of pyridine rings is 1. The predicted molar refractivity (Wildman–Crippen MR) is 43.6 cm³/mol. The van der Waals surface area contributed by atoms with Gasteiger partial charge in [-0.15, -0.1) is 0 Å². The summed E-state index contributed by atoms with van der Waals surface area (Å²) >= 11 is 0. The number of nitrogen functional groups attached to an aromatic ring is 1. The lowest BCUT2D eigenvalue weighted by atomic mass is 10.2. The van der Waals surface area contributed by atoms with Gasteiger partial charge in [0.05, 0.1) is 0 Å². The van der Waals surface area contributed by atoms with Crippen LogP contribution in [0.1, 0.15) is 5.56 Å². The summed E-state index contributed by atoms with van der Waals surface area (Å²) in [6, 6.07) is 3.33. The van der Waals surface area contributed by atoms with Crippen LogP contribution in [0.5, 0.6) is 0 Å². The monoisotopic (exact) mass is 151 g/mol. The van der Waals surface area contributed by atoms with E-state index in [1.807, 2.05) is 0 Å². The highest BCUT2D eigenvalue weighted by Gasteiger charge is 1.96. The highest BCUT2D eigenvalue weighted by molar-refractivity contribution is 5.97. The smallest absolute Gasteiger partial charge is 0.151 e. The third-order valence-electron chi connectivity index (χ3n) is 1.22. The van der Waals surface area contributed by atoms with Crippen molar-refractivity contribution in [3.8, 4) is 0 Å². The second-order valence-electron chi connectivity index (χ2n) is 1.99. The number of nitrogens with zero attached hydrogens (tertiary/aromatic N) is 2. The van der Waals surface area contributed by atoms with Crippen molar-refractivity contribution in [2.75, 3.05) is 5.73 Å². The zero-order valence-electron chi connectivity index (χ0n) is 5.86. The van der Waals surface area contributed by atoms with Crippen molar-refractivity contribution in [2.45, 2.75) is 0 Å². The molecule has 58 valence electrons. The average molecular weight is 151 g/mol. The van der Waals surface area contributed by atoms with Gasteiger partial charge >= 0.3 is 0 Å². The molecule has 1 rings (SSSR count). The van der Waals surface area contributed by atoms with Gasteiger partial charge < -0.3 is 17.3 Å². The van der Waals surface area contributed by atoms with Gasteiger partial charge in [-0.3, -0.25) is 0 Å². The van der Waals surface area contributed by atoms with E-state index in [9.17, 15) is 0 Å². The maximum absolute atomic E-state index is 5.39. The van der Waals surface area contributed by atoms with Crippen molar-refractivity contribution >= 4 is 11.7 Å². The summed E-state index contributed by atoms with van der Waals surface area (Å²) in [5.74, 6) is 5.64. The largest absolute Gasteiger partial charge is 0.384 e. The Morgan fingerprint density at radius 1 is 1.45 bits per heavy atom. The molecule has 1 aromatic rings. The van der Waals surface area contributed by atoms with Gasteiger partial charge in [-0.05, 0) is 12.1 Å². The van der Waals surface area contributed by atoms with Gasteiger partial charge in [-0.2, -0.15) is 5.10 Å². The quantitative estimate of drug-likeness (QED) is 0.212. The molecule has 0 saturated heterocycles. The van der Waals surface area contributed by atoms with Crippen LogP contribution in [0.25, 0.3) is 0 Å². The third kappa shape index (κ3) is 1.57. The lowest BCUT2D eigenvalue weighted by molar-refractivity contribution is 1.22. The summed E-state index contributed by atoms with van der Waals surface area (Å²) in [6.45, 7) is 0. The first-order chi connectivity index (χ1) is 5.24. The van der Waals surface area contributed by atoms with Crippen LogP contribution in [-0.4, -0.2) is 10.8 Å². The summed E-state index contributed by atoms with van der Waals surface area (Å²) in [5, 5.41) is 3.30. The SMILES string of the molecule is NN=C(N)c1ccc(N)nc1. The molecule has 0 radical (unpaired) electrons. The molecular weight excluding hydrogens is 142 g/mol. The molecule has 5 nitrogen and oxygen atoms in total. The molecule has 6 N–H and O–H groups in total. The van der Waals surface area contributed by atoms with Crippen LogP contribution in [0, 0.1) is 0 Å². The Hall–Kier alpha value is -1.78. The summed E-state index contributed by atoms with van der Waals surface area (Å²) in [4.78, 5) is 3.81. The standard InChI is InChI=1S/C6H9N5/c7-5-2-1-4(3-10-5)6(8)11-9/h1-3H,9H2,(H2,7,10)(H2,8,11). The molecule has 0 unspecified atom stereocenters. The minimum absolute atomic E-state index is 0.248. The van der Waals surface area contributed by atoms with Gasteiger partial charge in [0.25, 0.3) is 0 Å². The molecule has 0 aliphatic heterocycles. The van der Waals surface area contributed by atoms with Crippen LogP contribution in [0.4, 0.5) is 5.82 Å². The number of amidine groups is 1. The Labute approximate surface area is 63.9 Å². The van der Waals surface area contributed by atoms with E-state index < -0.39 is 0 Å². The first-order valence-corrected chi connectivity index (χ1v) is 2.99. The van der Waals surface area contributed by atoms with Gasteiger partial charge in [0.2, 0.25) is 0 Å². The number of aromatic nitrogens is 1. The van der Waals surface area contributed by atoms with Crippen LogP contribution in [-0.2, 0) is 0 Å². The van der Waals surface area contributed by atoms with Crippen LogP contribution < -0.4 is 17.3 Å². The van der Waals surface area contributed by atoms with Crippen LogP contribution in [0.3, 0.4) is 0 Å². The van der Waals surface area contributed by atoms with Gasteiger partial charge in [0.1, 0.15) is 5.82 Å². The Kier molecular flexibility index (Phi) is 1.91. The molecule has 5 heteroatoms. The molecule has 11 heavy (non-hydrogen) atoms. The lowest BCUT2D eigenvalue weighted by Gasteiger charge is -1.97. The molecule has 0 atom stereocenters. The van der Waals surface area contributed by atoms with E-state index in [1.54, 1.807) is 12.1 Å². The van der Waals surface area contributed by atoms with E-state index in [2.05, 4.69) is 10.1 Å². The minimum atomic E-state index is 0.248. The van der Waals surface area contributed by atoms with Crippen LogP contribution >= 0.6 is 0 Å². The zero-order chi connectivity index (χ0) is 8.27. The molecule has 0 fully saturated rings. The zero-order valence-corrected chi connectivity index (χ0v) is 5.86. The minimum Gasteiger partial charge on any atom is -0.384 e. The summed E-state index contributed by atoms with van der Waals surface area (Å²) < 4.78 is 0. The number of anilines is 1. The Morgan fingerprint density at radius 2 is 2.18 bits per heavy atom. The second-order valence-corrected chi connectivity index (χ2v) is 1.99. The van der Waals surface area contributed by atoms with Crippen LogP contribution in [0.2, 0.25) is 0 Å². The number of hydrogen-bond donors (Lipinski definition) is 3. The van der Waals surface area contributed by atoms with Gasteiger partial charge in [-0.1, -0.05) is 0 Å². The highest BCUT2D eigenvalue weighted by Crippen LogP contribution is 1.99. The molecule has 0 spiro atoms. The number of hydrogen-bond acceptors (Lipinski definition) is 4. The van der Waals surface area contributed by atoms with E-state index in [4.69, 9.17) is 17.3 Å². The molecule has 0 aromatic carbocycles. The lowest BCUT2D eigenvalue weighted by Crippen LogP contribution is -2.15. The van der Waals surface area contributed by atoms with E-state index >= 15 is 0 Å². The van der Waals surface area contributed by atoms with Crippen molar-refractivity contribution in [3.63, 3.8) is 0 Å². The Balaban J connectivity index is 2.99. The maximum atomic E-state index is 5.39. The molecule has 0 aliphatic rings. The molecule has 0 aliphatic carbocycles. The molecule has 0 amide bonds. The topological polar surface area (TPSA) is 103 Å². The number of hydrazone groups is 1. The van der Waals surface area contributed by atoms with Crippen LogP contribution in [0.15, 0.2) is 23.4 Å². The Morgan fingerprint density at radius 3 is 2.64 bits per heavy atom. The molecule has 1 aromatic heterocycles. The summed E-state index contributed by atoms with van der Waals surface area (Å²) in [5.41, 5.74) is 11.4. The van der Waals surface area contributed by atoms with Crippen molar-refractivity contribution < 1.29 is 0 Å². The van der Waals surface area contributed by atoms with Crippen molar-refractivity contribution in [1.82, 2.24) is 4.98 Å². The fourth-order valence-electron chi connectivity index (χ4n) is 0.631. The molecule has 1 heterocycles. The number of nitrogens with two attached hydrogens (primary N) is 3. The number of rotatable bonds is 1. The molecule has 0 saturated carbocycles. The molecule has 0 bridgehead atoms. The average Bonchev–Trinajstić information content (AvgIpc) is 2.05. The normalized spacial score (nSPS) is 11.5. The van der Waals surface area contributed by atoms with Crippen molar-refractivity contribution in [3.05, 3.63) is 23.9 Å². The summed E-state index contributed by atoms with van der Waals surface area (Å²) in [6.07, 6.45) is 1.51. The third-order valence-corrected chi connectivity index (χ3v) is 1.22. The Bertz CT molecular complexity index is 263. The van der Waals surface area contributed by atoms with Gasteiger partial charge in [0.15, 0.2) is 5.84 Å². The van der Waals surface area contributed by atoms with Gasteiger partial charge in [0, 0.05) is 11.8 Å². The molecular formula is C6H9N5. The first-order valence-electron chi connectivity index (χ1n) is 2.99. The van der Waals surface area contributed by atoms with E-state index in [-0.39, 0.29) is 5.84 Å². The van der Waals surface area contributed by atoms with E-state index in [1.165, 1.54) is 6.20 Å². The highest BCUT2D eigenvalue weighted by atomic mass is 15.2. The van der Waals surface area contributed by atoms with Gasteiger partial charge in [-0.25, -0.2) is 4.98 Å².